The Bertz CT molecular complexity index is 428. The summed E-state index contributed by atoms with van der Waals surface area (Å²) in [4.78, 5) is 38.1. The van der Waals surface area contributed by atoms with E-state index in [9.17, 15) is 14.4 Å². The van der Waals surface area contributed by atoms with Crippen LogP contribution in [0.5, 0.6) is 0 Å². The fourth-order valence-electron chi connectivity index (χ4n) is 2.69. The number of hydrogen-bond donors (Lipinski definition) is 3. The monoisotopic (exact) mass is 298 g/mol. The lowest BCUT2D eigenvalue weighted by molar-refractivity contribution is -0.139. The molecule has 4 amide bonds. The Morgan fingerprint density at radius 1 is 1.48 bits per heavy atom. The lowest BCUT2D eigenvalue weighted by Crippen LogP contribution is -2.57. The summed E-state index contributed by atoms with van der Waals surface area (Å²) in [6.45, 7) is 3.85. The van der Waals surface area contributed by atoms with Gasteiger partial charge in [-0.1, -0.05) is 19.8 Å². The van der Waals surface area contributed by atoms with Crippen molar-refractivity contribution in [1.82, 2.24) is 20.4 Å². The summed E-state index contributed by atoms with van der Waals surface area (Å²) in [6, 6.07) is -1.32. The predicted molar refractivity (Wildman–Crippen MR) is 74.9 cm³/mol. The molecule has 0 aliphatic carbocycles. The van der Waals surface area contributed by atoms with Gasteiger partial charge in [-0.05, 0) is 6.42 Å². The first-order chi connectivity index (χ1) is 10.0. The molecular formula is C13H22N4O4. The minimum Gasteiger partial charge on any atom is -0.480 e. The molecule has 0 radical (unpaired) electrons. The van der Waals surface area contributed by atoms with Crippen LogP contribution in [0.25, 0.3) is 0 Å². The van der Waals surface area contributed by atoms with Crippen LogP contribution in [0.2, 0.25) is 0 Å². The zero-order chi connectivity index (χ0) is 15.4. The van der Waals surface area contributed by atoms with Gasteiger partial charge in [0.15, 0.2) is 0 Å². The predicted octanol–water partition coefficient (Wildman–Crippen LogP) is 0.0488. The third kappa shape index (κ3) is 3.56. The molecule has 2 rings (SSSR count). The Morgan fingerprint density at radius 3 is 2.90 bits per heavy atom. The zero-order valence-electron chi connectivity index (χ0n) is 12.2. The first-order valence-electron chi connectivity index (χ1n) is 7.35. The number of piperazine rings is 1. The summed E-state index contributed by atoms with van der Waals surface area (Å²) < 4.78 is 0. The van der Waals surface area contributed by atoms with E-state index >= 15 is 0 Å². The molecule has 2 saturated heterocycles. The molecule has 0 aromatic heterocycles. The maximum absolute atomic E-state index is 12.2. The van der Waals surface area contributed by atoms with Gasteiger partial charge in [0.05, 0.1) is 6.04 Å². The molecule has 0 aromatic rings. The Hall–Kier alpha value is -1.99. The second-order valence-electron chi connectivity index (χ2n) is 5.46. The van der Waals surface area contributed by atoms with Gasteiger partial charge in [-0.15, -0.1) is 0 Å². The number of aliphatic carboxylic acids is 1. The highest BCUT2D eigenvalue weighted by molar-refractivity contribution is 5.83. The van der Waals surface area contributed by atoms with E-state index in [1.54, 1.807) is 9.80 Å². The average molecular weight is 298 g/mol. The number of fused-ring (bicyclic) bond motifs is 1. The number of nitrogens with zero attached hydrogens (tertiary/aromatic N) is 2. The van der Waals surface area contributed by atoms with E-state index in [1.165, 1.54) is 0 Å². The second kappa shape index (κ2) is 6.64. The van der Waals surface area contributed by atoms with E-state index in [0.29, 0.717) is 32.6 Å². The highest BCUT2D eigenvalue weighted by Crippen LogP contribution is 2.14. The Balaban J connectivity index is 1.88. The van der Waals surface area contributed by atoms with Gasteiger partial charge in [-0.25, -0.2) is 14.4 Å². The van der Waals surface area contributed by atoms with E-state index in [1.807, 2.05) is 6.92 Å². The maximum Gasteiger partial charge on any atom is 0.326 e. The minimum atomic E-state index is -1.01. The number of amides is 4. The van der Waals surface area contributed by atoms with E-state index in [0.717, 1.165) is 12.8 Å². The van der Waals surface area contributed by atoms with Crippen molar-refractivity contribution in [2.75, 3.05) is 26.2 Å². The highest BCUT2D eigenvalue weighted by atomic mass is 16.4. The van der Waals surface area contributed by atoms with Crippen LogP contribution in [0, 0.1) is 0 Å². The molecule has 0 spiro atoms. The standard InChI is InChI=1S/C13H22N4O4/c1-2-3-4-10(11(18)19)15-13(21)16-5-6-17-9(8-16)7-14-12(17)20/h9-10H,2-8H2,1H3,(H,14,20)(H,15,21)(H,18,19). The number of carboxylic acids is 1. The summed E-state index contributed by atoms with van der Waals surface area (Å²) in [7, 11) is 0. The van der Waals surface area contributed by atoms with Gasteiger partial charge in [-0.3, -0.25) is 0 Å². The van der Waals surface area contributed by atoms with Crippen molar-refractivity contribution >= 4 is 18.0 Å². The van der Waals surface area contributed by atoms with Gasteiger partial charge >= 0.3 is 18.0 Å². The van der Waals surface area contributed by atoms with Crippen molar-refractivity contribution < 1.29 is 19.5 Å². The van der Waals surface area contributed by atoms with Gasteiger partial charge in [-0.2, -0.15) is 0 Å². The van der Waals surface area contributed by atoms with Crippen LogP contribution in [0.15, 0.2) is 0 Å². The fourth-order valence-corrected chi connectivity index (χ4v) is 2.69. The van der Waals surface area contributed by atoms with Crippen LogP contribution >= 0.6 is 0 Å². The third-order valence-corrected chi connectivity index (χ3v) is 3.96. The second-order valence-corrected chi connectivity index (χ2v) is 5.46. The van der Waals surface area contributed by atoms with Crippen molar-refractivity contribution in [2.45, 2.75) is 38.3 Å². The van der Waals surface area contributed by atoms with Crippen molar-refractivity contribution in [2.24, 2.45) is 0 Å². The summed E-state index contributed by atoms with van der Waals surface area (Å²) in [6.07, 6.45) is 2.07. The lowest BCUT2D eigenvalue weighted by Gasteiger charge is -2.36. The number of hydrogen-bond acceptors (Lipinski definition) is 3. The number of nitrogens with one attached hydrogen (secondary N) is 2. The Labute approximate surface area is 123 Å². The lowest BCUT2D eigenvalue weighted by atomic mass is 10.1. The molecule has 0 saturated carbocycles. The molecule has 0 bridgehead atoms. The van der Waals surface area contributed by atoms with Crippen molar-refractivity contribution in [1.29, 1.82) is 0 Å². The van der Waals surface area contributed by atoms with E-state index < -0.39 is 12.0 Å². The first kappa shape index (κ1) is 15.4. The number of carboxylic acid groups (broad SMARTS) is 1. The van der Waals surface area contributed by atoms with Gasteiger partial charge < -0.3 is 25.5 Å². The molecule has 3 N–H and O–H groups in total. The molecule has 2 aliphatic heterocycles. The van der Waals surface area contributed by atoms with Gasteiger partial charge in [0, 0.05) is 26.2 Å². The van der Waals surface area contributed by atoms with Crippen LogP contribution < -0.4 is 10.6 Å². The molecule has 8 nitrogen and oxygen atoms in total. The Morgan fingerprint density at radius 2 is 2.24 bits per heavy atom. The molecule has 8 heteroatoms. The minimum absolute atomic E-state index is 0.0177. The first-order valence-corrected chi connectivity index (χ1v) is 7.35. The number of unbranched alkanes of at least 4 members (excludes halogenated alkanes) is 1. The highest BCUT2D eigenvalue weighted by Gasteiger charge is 2.37. The van der Waals surface area contributed by atoms with Gasteiger partial charge in [0.2, 0.25) is 0 Å². The molecule has 21 heavy (non-hydrogen) atoms. The molecule has 0 aromatic carbocycles. The molecule has 2 aliphatic rings. The Kier molecular flexibility index (Phi) is 4.87. The zero-order valence-corrected chi connectivity index (χ0v) is 12.2. The molecule has 2 unspecified atom stereocenters. The van der Waals surface area contributed by atoms with Crippen molar-refractivity contribution in [3.8, 4) is 0 Å². The normalized spacial score (nSPS) is 22.5. The maximum atomic E-state index is 12.2. The molecule has 2 heterocycles. The summed E-state index contributed by atoms with van der Waals surface area (Å²) in [5.41, 5.74) is 0. The van der Waals surface area contributed by atoms with Crippen LogP contribution in [-0.4, -0.2) is 71.2 Å². The molecular weight excluding hydrogens is 276 g/mol. The number of carbonyl (C=O) groups excluding carboxylic acids is 2. The van der Waals surface area contributed by atoms with Gasteiger partial charge in [0.1, 0.15) is 6.04 Å². The number of urea groups is 2. The molecule has 118 valence electrons. The number of rotatable bonds is 5. The van der Waals surface area contributed by atoms with Crippen LogP contribution in [0.4, 0.5) is 9.59 Å². The van der Waals surface area contributed by atoms with Crippen molar-refractivity contribution in [3.63, 3.8) is 0 Å². The van der Waals surface area contributed by atoms with Crippen LogP contribution in [0.1, 0.15) is 26.2 Å². The third-order valence-electron chi connectivity index (χ3n) is 3.96. The average Bonchev–Trinajstić information content (AvgIpc) is 2.84. The van der Waals surface area contributed by atoms with Gasteiger partial charge in [0.25, 0.3) is 0 Å². The summed E-state index contributed by atoms with van der Waals surface area (Å²) in [5.74, 6) is -1.01. The summed E-state index contributed by atoms with van der Waals surface area (Å²) in [5, 5.41) is 14.5. The quantitative estimate of drug-likeness (QED) is 0.667. The fraction of sp³-hybridized carbons (Fsp3) is 0.769. The molecule has 2 fully saturated rings. The number of carbonyl (C=O) groups is 3. The van der Waals surface area contributed by atoms with Crippen LogP contribution in [-0.2, 0) is 4.79 Å². The smallest absolute Gasteiger partial charge is 0.326 e. The topological polar surface area (TPSA) is 102 Å². The SMILES string of the molecule is CCCCC(NC(=O)N1CCN2C(=O)NCC2C1)C(=O)O. The van der Waals surface area contributed by atoms with Crippen LogP contribution in [0.3, 0.4) is 0 Å². The van der Waals surface area contributed by atoms with Crippen molar-refractivity contribution in [3.05, 3.63) is 0 Å². The summed E-state index contributed by atoms with van der Waals surface area (Å²) >= 11 is 0. The van der Waals surface area contributed by atoms with E-state index in [4.69, 9.17) is 5.11 Å². The van der Waals surface area contributed by atoms with E-state index in [-0.39, 0.29) is 18.1 Å². The largest absolute Gasteiger partial charge is 0.480 e. The van der Waals surface area contributed by atoms with E-state index in [2.05, 4.69) is 10.6 Å². The molecule has 2 atom stereocenters.